The molecular weight excluding hydrogens is 436 g/mol. The molecule has 184 valence electrons. The molecule has 35 heavy (non-hydrogen) atoms. The van der Waals surface area contributed by atoms with E-state index in [1.807, 2.05) is 4.90 Å². The highest BCUT2D eigenvalue weighted by Crippen LogP contribution is 2.53. The molecule has 0 bridgehead atoms. The number of hydrogen-bond donors (Lipinski definition) is 3. The van der Waals surface area contributed by atoms with Gasteiger partial charge in [-0.3, -0.25) is 9.69 Å². The monoisotopic (exact) mass is 472 g/mol. The van der Waals surface area contributed by atoms with Crippen molar-refractivity contribution in [1.82, 2.24) is 15.1 Å². The highest BCUT2D eigenvalue weighted by Gasteiger charge is 2.52. The Kier molecular flexibility index (Phi) is 5.02. The zero-order valence-corrected chi connectivity index (χ0v) is 20.4. The Morgan fingerprint density at radius 1 is 1.09 bits per heavy atom. The third-order valence-corrected chi connectivity index (χ3v) is 9.30. The van der Waals surface area contributed by atoms with Crippen LogP contribution in [0, 0.1) is 5.41 Å². The van der Waals surface area contributed by atoms with E-state index in [0.717, 1.165) is 63.2 Å². The molecule has 2 aromatic carbocycles. The predicted molar refractivity (Wildman–Crippen MR) is 137 cm³/mol. The number of carbonyl (C=O) groups excluding carboxylic acids is 1. The van der Waals surface area contributed by atoms with Crippen molar-refractivity contribution < 1.29 is 9.90 Å². The van der Waals surface area contributed by atoms with Gasteiger partial charge in [-0.15, -0.1) is 0 Å². The van der Waals surface area contributed by atoms with Crippen molar-refractivity contribution in [2.75, 3.05) is 44.6 Å². The second-order valence-electron chi connectivity index (χ2n) is 12.0. The first-order chi connectivity index (χ1) is 17.0. The van der Waals surface area contributed by atoms with Crippen LogP contribution in [-0.2, 0) is 18.4 Å². The highest BCUT2D eigenvalue weighted by atomic mass is 16.3. The standard InChI is InChI=1S/C29H36N4O2/c34-24(15-32-10-7-20-3-1-2-4-21(20)14-32)16-33-19-29(8-9-29)26-6-5-22(11-25(26)27(33)35)31-23-12-28(13-23)17-30-18-28/h1-6,11,23-24,30-31,34H,7-10,12-19H2. The molecule has 6 nitrogen and oxygen atoms in total. The lowest BCUT2D eigenvalue weighted by Gasteiger charge is -2.54. The molecule has 0 radical (unpaired) electrons. The second-order valence-corrected chi connectivity index (χ2v) is 12.0. The summed E-state index contributed by atoms with van der Waals surface area (Å²) in [6.45, 7) is 5.90. The number of aliphatic hydroxyl groups excluding tert-OH is 1. The third-order valence-electron chi connectivity index (χ3n) is 9.30. The fourth-order valence-electron chi connectivity index (χ4n) is 7.10. The van der Waals surface area contributed by atoms with Gasteiger partial charge in [-0.05, 0) is 66.3 Å². The van der Waals surface area contributed by atoms with Crippen LogP contribution in [0.3, 0.4) is 0 Å². The van der Waals surface area contributed by atoms with Gasteiger partial charge in [0.15, 0.2) is 0 Å². The second kappa shape index (κ2) is 8.05. The Bertz CT molecular complexity index is 1150. The van der Waals surface area contributed by atoms with Crippen LogP contribution in [0.25, 0.3) is 0 Å². The largest absolute Gasteiger partial charge is 0.390 e. The summed E-state index contributed by atoms with van der Waals surface area (Å²) in [5.74, 6) is 0.0810. The first kappa shape index (κ1) is 21.8. The molecule has 1 unspecified atom stereocenters. The maximum atomic E-state index is 13.6. The average molecular weight is 473 g/mol. The first-order valence-electron chi connectivity index (χ1n) is 13.4. The first-order valence-corrected chi connectivity index (χ1v) is 13.4. The molecule has 6 heteroatoms. The Hall–Kier alpha value is -2.41. The number of anilines is 1. The summed E-state index contributed by atoms with van der Waals surface area (Å²) in [6, 6.07) is 15.6. The van der Waals surface area contributed by atoms with Gasteiger partial charge in [0.1, 0.15) is 0 Å². The molecule has 3 heterocycles. The predicted octanol–water partition coefficient (Wildman–Crippen LogP) is 2.76. The van der Waals surface area contributed by atoms with E-state index in [4.69, 9.17) is 0 Å². The molecule has 1 atom stereocenters. The number of β-amino-alcohol motifs (C(OH)–C–C–N with tert-alkyl or cyclic N) is 1. The number of nitrogens with zero attached hydrogens (tertiary/aromatic N) is 2. The molecule has 0 aromatic heterocycles. The van der Waals surface area contributed by atoms with Gasteiger partial charge in [0, 0.05) is 68.5 Å². The lowest BCUT2D eigenvalue weighted by Crippen LogP contribution is -2.63. The quantitative estimate of drug-likeness (QED) is 0.603. The van der Waals surface area contributed by atoms with Crippen molar-refractivity contribution in [2.24, 2.45) is 5.41 Å². The number of carbonyl (C=O) groups is 1. The number of benzene rings is 2. The van der Waals surface area contributed by atoms with Gasteiger partial charge in [0.25, 0.3) is 5.91 Å². The number of rotatable bonds is 6. The van der Waals surface area contributed by atoms with Crippen LogP contribution < -0.4 is 10.6 Å². The van der Waals surface area contributed by atoms with Crippen LogP contribution in [0.1, 0.15) is 52.7 Å². The molecule has 3 aliphatic heterocycles. The zero-order valence-electron chi connectivity index (χ0n) is 20.4. The lowest BCUT2D eigenvalue weighted by atomic mass is 9.61. The van der Waals surface area contributed by atoms with Crippen molar-refractivity contribution in [2.45, 2.75) is 56.2 Å². The molecule has 2 aliphatic carbocycles. The Labute approximate surface area is 207 Å². The van der Waals surface area contributed by atoms with Crippen LogP contribution in [0.4, 0.5) is 5.69 Å². The molecule has 2 aromatic rings. The zero-order chi connectivity index (χ0) is 23.6. The molecule has 2 spiro atoms. The van der Waals surface area contributed by atoms with E-state index in [1.54, 1.807) is 0 Å². The maximum Gasteiger partial charge on any atom is 0.254 e. The van der Waals surface area contributed by atoms with Gasteiger partial charge >= 0.3 is 0 Å². The van der Waals surface area contributed by atoms with Crippen molar-refractivity contribution in [1.29, 1.82) is 0 Å². The van der Waals surface area contributed by atoms with E-state index < -0.39 is 6.10 Å². The van der Waals surface area contributed by atoms with Crippen LogP contribution in [0.15, 0.2) is 42.5 Å². The van der Waals surface area contributed by atoms with Crippen molar-refractivity contribution in [3.8, 4) is 0 Å². The van der Waals surface area contributed by atoms with Gasteiger partial charge in [-0.2, -0.15) is 0 Å². The van der Waals surface area contributed by atoms with E-state index in [-0.39, 0.29) is 11.3 Å². The highest BCUT2D eigenvalue weighted by molar-refractivity contribution is 5.98. The van der Waals surface area contributed by atoms with Crippen molar-refractivity contribution >= 4 is 11.6 Å². The summed E-state index contributed by atoms with van der Waals surface area (Å²) in [5, 5.41) is 18.1. The Morgan fingerprint density at radius 3 is 2.63 bits per heavy atom. The lowest BCUT2D eigenvalue weighted by molar-refractivity contribution is 0.0457. The fraction of sp³-hybridized carbons (Fsp3) is 0.552. The number of hydrogen-bond acceptors (Lipinski definition) is 5. The summed E-state index contributed by atoms with van der Waals surface area (Å²) in [6.07, 6.45) is 5.19. The van der Waals surface area contributed by atoms with Gasteiger partial charge < -0.3 is 20.6 Å². The van der Waals surface area contributed by atoms with Crippen LogP contribution in [-0.4, -0.2) is 72.2 Å². The van der Waals surface area contributed by atoms with E-state index in [1.165, 1.54) is 29.5 Å². The van der Waals surface area contributed by atoms with Crippen molar-refractivity contribution in [3.63, 3.8) is 0 Å². The van der Waals surface area contributed by atoms with Gasteiger partial charge in [-0.1, -0.05) is 30.3 Å². The summed E-state index contributed by atoms with van der Waals surface area (Å²) in [5.41, 5.74) is 6.54. The number of nitrogens with one attached hydrogen (secondary N) is 2. The molecule has 2 saturated carbocycles. The minimum Gasteiger partial charge on any atom is -0.390 e. The molecule has 5 aliphatic rings. The summed E-state index contributed by atoms with van der Waals surface area (Å²) in [4.78, 5) is 17.8. The molecule has 1 saturated heterocycles. The minimum atomic E-state index is -0.537. The molecular formula is C29H36N4O2. The molecule has 1 amide bonds. The third kappa shape index (κ3) is 3.87. The maximum absolute atomic E-state index is 13.6. The fourth-order valence-corrected chi connectivity index (χ4v) is 7.10. The normalized spacial score (nSPS) is 24.9. The number of aliphatic hydroxyl groups is 1. The summed E-state index contributed by atoms with van der Waals surface area (Å²) < 4.78 is 0. The SMILES string of the molecule is O=C1c2cc(NC3CC4(CNC4)C3)ccc2C2(CC2)CN1CC(O)CN1CCc2ccccc2C1. The number of amides is 1. The van der Waals surface area contributed by atoms with Crippen LogP contribution >= 0.6 is 0 Å². The Balaban J connectivity index is 1.02. The smallest absolute Gasteiger partial charge is 0.254 e. The van der Waals surface area contributed by atoms with Crippen molar-refractivity contribution in [3.05, 3.63) is 64.7 Å². The van der Waals surface area contributed by atoms with E-state index >= 15 is 0 Å². The summed E-state index contributed by atoms with van der Waals surface area (Å²) >= 11 is 0. The van der Waals surface area contributed by atoms with E-state index in [2.05, 4.69) is 58.0 Å². The van der Waals surface area contributed by atoms with E-state index in [9.17, 15) is 9.90 Å². The topological polar surface area (TPSA) is 67.8 Å². The molecule has 7 rings (SSSR count). The molecule has 3 N–H and O–H groups in total. The number of fused-ring (bicyclic) bond motifs is 3. The average Bonchev–Trinajstić information content (AvgIpc) is 3.58. The van der Waals surface area contributed by atoms with Crippen LogP contribution in [0.5, 0.6) is 0 Å². The van der Waals surface area contributed by atoms with Gasteiger partial charge in [0.05, 0.1) is 6.10 Å². The Morgan fingerprint density at radius 2 is 1.89 bits per heavy atom. The van der Waals surface area contributed by atoms with Gasteiger partial charge in [0.2, 0.25) is 0 Å². The molecule has 3 fully saturated rings. The van der Waals surface area contributed by atoms with Gasteiger partial charge in [-0.25, -0.2) is 0 Å². The minimum absolute atomic E-state index is 0.0810. The van der Waals surface area contributed by atoms with Crippen LogP contribution in [0.2, 0.25) is 0 Å². The summed E-state index contributed by atoms with van der Waals surface area (Å²) in [7, 11) is 0. The van der Waals surface area contributed by atoms with E-state index in [0.29, 0.717) is 24.5 Å².